The standard InChI is InChI=1S/C8H15FO2S/c1-3-7-4-8(2,9)6-12(10,11)5-7/h7H,3-6H2,1-2H3. The van der Waals surface area contributed by atoms with Crippen molar-refractivity contribution in [3.8, 4) is 0 Å². The molecule has 1 fully saturated rings. The average molecular weight is 194 g/mol. The molecule has 0 N–H and O–H groups in total. The van der Waals surface area contributed by atoms with Crippen molar-refractivity contribution in [2.75, 3.05) is 11.5 Å². The summed E-state index contributed by atoms with van der Waals surface area (Å²) in [6.07, 6.45) is 1.14. The highest BCUT2D eigenvalue weighted by molar-refractivity contribution is 7.91. The van der Waals surface area contributed by atoms with Gasteiger partial charge in [0.05, 0.1) is 11.5 Å². The van der Waals surface area contributed by atoms with Crippen molar-refractivity contribution in [3.05, 3.63) is 0 Å². The van der Waals surface area contributed by atoms with Crippen LogP contribution in [0.25, 0.3) is 0 Å². The minimum Gasteiger partial charge on any atom is -0.243 e. The fourth-order valence-electron chi connectivity index (χ4n) is 1.86. The number of alkyl halides is 1. The molecule has 0 bridgehead atoms. The summed E-state index contributed by atoms with van der Waals surface area (Å²) in [5.41, 5.74) is -1.50. The van der Waals surface area contributed by atoms with Gasteiger partial charge in [-0.15, -0.1) is 0 Å². The fourth-order valence-corrected chi connectivity index (χ4v) is 4.08. The Morgan fingerprint density at radius 2 is 2.17 bits per heavy atom. The highest BCUT2D eigenvalue weighted by Crippen LogP contribution is 2.31. The van der Waals surface area contributed by atoms with E-state index in [1.165, 1.54) is 6.92 Å². The molecule has 0 radical (unpaired) electrons. The summed E-state index contributed by atoms with van der Waals surface area (Å²) in [6.45, 7) is 3.29. The molecule has 72 valence electrons. The maximum Gasteiger partial charge on any atom is 0.153 e. The number of hydrogen-bond acceptors (Lipinski definition) is 2. The third-order valence-corrected chi connectivity index (χ3v) is 4.32. The first kappa shape index (κ1) is 9.96. The van der Waals surface area contributed by atoms with Gasteiger partial charge in [0, 0.05) is 0 Å². The second-order valence-electron chi connectivity index (χ2n) is 3.95. The summed E-state index contributed by atoms with van der Waals surface area (Å²) in [7, 11) is -3.13. The highest BCUT2D eigenvalue weighted by atomic mass is 32.2. The molecule has 0 aromatic carbocycles. The van der Waals surface area contributed by atoms with Crippen LogP contribution in [0.5, 0.6) is 0 Å². The Kier molecular flexibility index (Phi) is 2.47. The van der Waals surface area contributed by atoms with E-state index >= 15 is 0 Å². The molecule has 1 saturated heterocycles. The highest BCUT2D eigenvalue weighted by Gasteiger charge is 2.39. The van der Waals surface area contributed by atoms with Crippen molar-refractivity contribution in [1.29, 1.82) is 0 Å². The largest absolute Gasteiger partial charge is 0.243 e. The first-order valence-electron chi connectivity index (χ1n) is 4.24. The fraction of sp³-hybridized carbons (Fsp3) is 1.00. The van der Waals surface area contributed by atoms with Crippen molar-refractivity contribution in [2.24, 2.45) is 5.92 Å². The van der Waals surface area contributed by atoms with Crippen LogP contribution in [0, 0.1) is 5.92 Å². The molecule has 0 aromatic rings. The van der Waals surface area contributed by atoms with Gasteiger partial charge >= 0.3 is 0 Å². The molecule has 0 saturated carbocycles. The van der Waals surface area contributed by atoms with Crippen LogP contribution in [-0.2, 0) is 9.84 Å². The Balaban J connectivity index is 2.80. The van der Waals surface area contributed by atoms with E-state index in [1.54, 1.807) is 0 Å². The summed E-state index contributed by atoms with van der Waals surface area (Å²) in [4.78, 5) is 0. The van der Waals surface area contributed by atoms with Gasteiger partial charge in [0.2, 0.25) is 0 Å². The van der Waals surface area contributed by atoms with Gasteiger partial charge in [0.1, 0.15) is 5.67 Å². The van der Waals surface area contributed by atoms with E-state index in [0.29, 0.717) is 6.42 Å². The summed E-state index contributed by atoms with van der Waals surface area (Å²) >= 11 is 0. The molecule has 1 heterocycles. The minimum absolute atomic E-state index is 0.0127. The van der Waals surface area contributed by atoms with E-state index in [4.69, 9.17) is 0 Å². The Hall–Kier alpha value is -0.120. The van der Waals surface area contributed by atoms with Gasteiger partial charge in [-0.3, -0.25) is 0 Å². The van der Waals surface area contributed by atoms with Crippen molar-refractivity contribution in [1.82, 2.24) is 0 Å². The molecular weight excluding hydrogens is 179 g/mol. The zero-order valence-electron chi connectivity index (χ0n) is 7.51. The Labute approximate surface area is 73.1 Å². The van der Waals surface area contributed by atoms with Crippen LogP contribution >= 0.6 is 0 Å². The number of sulfone groups is 1. The summed E-state index contributed by atoms with van der Waals surface area (Å²) in [5, 5.41) is 0. The van der Waals surface area contributed by atoms with E-state index in [2.05, 4.69) is 0 Å². The lowest BCUT2D eigenvalue weighted by Crippen LogP contribution is -2.40. The topological polar surface area (TPSA) is 34.1 Å². The van der Waals surface area contributed by atoms with Gasteiger partial charge in [-0.1, -0.05) is 13.3 Å². The molecule has 2 unspecified atom stereocenters. The smallest absolute Gasteiger partial charge is 0.153 e. The minimum atomic E-state index is -3.13. The zero-order valence-corrected chi connectivity index (χ0v) is 8.32. The van der Waals surface area contributed by atoms with Gasteiger partial charge in [-0.25, -0.2) is 12.8 Å². The molecular formula is C8H15FO2S. The third kappa shape index (κ3) is 2.44. The maximum atomic E-state index is 13.4. The normalized spacial score (nSPS) is 41.1. The van der Waals surface area contributed by atoms with Crippen molar-refractivity contribution in [2.45, 2.75) is 32.4 Å². The summed E-state index contributed by atoms with van der Waals surface area (Å²) in [5.74, 6) is -0.113. The molecule has 0 aromatic heterocycles. The monoisotopic (exact) mass is 194 g/mol. The van der Waals surface area contributed by atoms with Gasteiger partial charge in [0.15, 0.2) is 9.84 Å². The molecule has 1 rings (SSSR count). The molecule has 4 heteroatoms. The van der Waals surface area contributed by atoms with Crippen LogP contribution < -0.4 is 0 Å². The third-order valence-electron chi connectivity index (χ3n) is 2.30. The Morgan fingerprint density at radius 3 is 2.58 bits per heavy atom. The van der Waals surface area contributed by atoms with Crippen molar-refractivity contribution >= 4 is 9.84 Å². The van der Waals surface area contributed by atoms with Crippen molar-refractivity contribution in [3.63, 3.8) is 0 Å². The summed E-state index contributed by atoms with van der Waals surface area (Å²) < 4.78 is 35.8. The molecule has 2 nitrogen and oxygen atoms in total. The molecule has 1 aliphatic rings. The summed E-state index contributed by atoms with van der Waals surface area (Å²) in [6, 6.07) is 0. The van der Waals surface area contributed by atoms with E-state index in [1.807, 2.05) is 6.92 Å². The SMILES string of the molecule is CCC1CC(C)(F)CS(=O)(=O)C1. The van der Waals surface area contributed by atoms with Gasteiger partial charge in [-0.2, -0.15) is 0 Å². The first-order chi connectivity index (χ1) is 5.35. The predicted octanol–water partition coefficient (Wildman–Crippen LogP) is 1.56. The number of hydrogen-bond donors (Lipinski definition) is 0. The van der Waals surface area contributed by atoms with E-state index in [9.17, 15) is 12.8 Å². The molecule has 12 heavy (non-hydrogen) atoms. The average Bonchev–Trinajstić information content (AvgIpc) is 1.80. The second-order valence-corrected chi connectivity index (χ2v) is 6.06. The lowest BCUT2D eigenvalue weighted by atomic mass is 9.94. The number of halogens is 1. The van der Waals surface area contributed by atoms with Gasteiger partial charge in [-0.05, 0) is 19.3 Å². The molecule has 0 amide bonds. The lowest BCUT2D eigenvalue weighted by molar-refractivity contribution is 0.166. The molecule has 0 aliphatic carbocycles. The number of rotatable bonds is 1. The van der Waals surface area contributed by atoms with E-state index in [0.717, 1.165) is 6.42 Å². The van der Waals surface area contributed by atoms with E-state index in [-0.39, 0.29) is 17.4 Å². The lowest BCUT2D eigenvalue weighted by Gasteiger charge is -2.30. The van der Waals surface area contributed by atoms with Crippen LogP contribution in [0.3, 0.4) is 0 Å². The van der Waals surface area contributed by atoms with Crippen LogP contribution in [0.15, 0.2) is 0 Å². The van der Waals surface area contributed by atoms with E-state index < -0.39 is 15.5 Å². The molecule has 0 spiro atoms. The van der Waals surface area contributed by atoms with Crippen LogP contribution in [0.1, 0.15) is 26.7 Å². The zero-order chi connectivity index (χ0) is 9.41. The van der Waals surface area contributed by atoms with Crippen LogP contribution in [0.4, 0.5) is 4.39 Å². The van der Waals surface area contributed by atoms with Gasteiger partial charge < -0.3 is 0 Å². The van der Waals surface area contributed by atoms with Crippen LogP contribution in [0.2, 0.25) is 0 Å². The second kappa shape index (κ2) is 2.98. The van der Waals surface area contributed by atoms with Crippen molar-refractivity contribution < 1.29 is 12.8 Å². The Morgan fingerprint density at radius 1 is 1.58 bits per heavy atom. The first-order valence-corrected chi connectivity index (χ1v) is 6.06. The predicted molar refractivity (Wildman–Crippen MR) is 46.6 cm³/mol. The molecule has 1 aliphatic heterocycles. The quantitative estimate of drug-likeness (QED) is 0.635. The van der Waals surface area contributed by atoms with Crippen LogP contribution in [-0.4, -0.2) is 25.6 Å². The maximum absolute atomic E-state index is 13.4. The molecule has 2 atom stereocenters. The Bertz CT molecular complexity index is 256. The van der Waals surface area contributed by atoms with Gasteiger partial charge in [0.25, 0.3) is 0 Å².